The Hall–Kier alpha value is -5.62. The highest BCUT2D eigenvalue weighted by molar-refractivity contribution is 5.74. The molecule has 0 spiro atoms. The van der Waals surface area contributed by atoms with Crippen molar-refractivity contribution in [3.63, 3.8) is 0 Å². The quantitative estimate of drug-likeness (QED) is 0.0830. The van der Waals surface area contributed by atoms with E-state index in [1.54, 1.807) is 0 Å². The van der Waals surface area contributed by atoms with Crippen molar-refractivity contribution >= 4 is 28.3 Å². The molecular formula is C41H42N4O2. The van der Waals surface area contributed by atoms with Crippen molar-refractivity contribution < 1.29 is 9.78 Å². The smallest absolute Gasteiger partial charge is 0.202 e. The molecule has 0 aliphatic rings. The minimum atomic E-state index is 0.596. The van der Waals surface area contributed by atoms with Gasteiger partial charge in [0, 0.05) is 19.7 Å². The van der Waals surface area contributed by atoms with Crippen LogP contribution in [0.3, 0.4) is 0 Å². The summed E-state index contributed by atoms with van der Waals surface area (Å²) >= 11 is 0. The van der Waals surface area contributed by atoms with Crippen LogP contribution in [0.15, 0.2) is 122 Å². The van der Waals surface area contributed by atoms with Crippen molar-refractivity contribution in [1.82, 2.24) is 9.97 Å². The van der Waals surface area contributed by atoms with E-state index in [2.05, 4.69) is 74.5 Å². The maximum atomic E-state index is 6.18. The first-order valence-corrected chi connectivity index (χ1v) is 15.7. The number of anilines is 4. The molecule has 3 aromatic carbocycles. The Morgan fingerprint density at radius 1 is 0.660 bits per heavy atom. The lowest BCUT2D eigenvalue weighted by atomic mass is 10.1. The molecule has 238 valence electrons. The van der Waals surface area contributed by atoms with Gasteiger partial charge < -0.3 is 9.80 Å². The first-order chi connectivity index (χ1) is 22.7. The van der Waals surface area contributed by atoms with Gasteiger partial charge >= 0.3 is 0 Å². The molecular weight excluding hydrogens is 580 g/mol. The van der Waals surface area contributed by atoms with Crippen LogP contribution in [-0.4, -0.2) is 24.1 Å². The molecule has 0 N–H and O–H groups in total. The number of aryl methyl sites for hydroxylation is 4. The van der Waals surface area contributed by atoms with Gasteiger partial charge in [-0.3, -0.25) is 19.7 Å². The Bertz CT molecular complexity index is 1910. The van der Waals surface area contributed by atoms with Crippen LogP contribution < -0.4 is 19.6 Å². The topological polar surface area (TPSA) is 50.7 Å². The summed E-state index contributed by atoms with van der Waals surface area (Å²) in [6, 6.07) is 26.5. The second kappa shape index (κ2) is 14.6. The molecule has 0 saturated carbocycles. The molecule has 5 rings (SSSR count). The highest BCUT2D eigenvalue weighted by Gasteiger charge is 2.19. The van der Waals surface area contributed by atoms with Crippen LogP contribution in [0.5, 0.6) is 11.5 Å². The molecule has 0 aliphatic carbocycles. The zero-order valence-electron chi connectivity index (χ0n) is 28.3. The maximum Gasteiger partial charge on any atom is 0.202 e. The molecule has 0 fully saturated rings. The van der Waals surface area contributed by atoms with Crippen molar-refractivity contribution in [1.29, 1.82) is 0 Å². The fourth-order valence-corrected chi connectivity index (χ4v) is 5.08. The van der Waals surface area contributed by atoms with Crippen LogP contribution in [0.2, 0.25) is 0 Å². The number of rotatable bonds is 11. The molecule has 6 heteroatoms. The predicted octanol–water partition coefficient (Wildman–Crippen LogP) is 10.4. The molecule has 0 amide bonds. The second-order valence-electron chi connectivity index (χ2n) is 11.7. The summed E-state index contributed by atoms with van der Waals surface area (Å²) in [7, 11) is 4.00. The van der Waals surface area contributed by atoms with Crippen molar-refractivity contribution in [2.24, 2.45) is 0 Å². The second-order valence-corrected chi connectivity index (χ2v) is 11.7. The lowest BCUT2D eigenvalue weighted by molar-refractivity contribution is -0.0988. The number of benzene rings is 3. The van der Waals surface area contributed by atoms with Crippen molar-refractivity contribution in [3.05, 3.63) is 150 Å². The van der Waals surface area contributed by atoms with Crippen LogP contribution in [-0.2, 0) is 0 Å². The van der Waals surface area contributed by atoms with E-state index < -0.39 is 0 Å². The number of pyridine rings is 2. The summed E-state index contributed by atoms with van der Waals surface area (Å²) in [5, 5.41) is 0. The average molecular weight is 623 g/mol. The zero-order chi connectivity index (χ0) is 33.5. The molecule has 0 radical (unpaired) electrons. The van der Waals surface area contributed by atoms with Crippen LogP contribution in [0.4, 0.5) is 22.7 Å². The van der Waals surface area contributed by atoms with Gasteiger partial charge in [-0.25, -0.2) is 0 Å². The van der Waals surface area contributed by atoms with E-state index in [0.717, 1.165) is 67.5 Å². The summed E-state index contributed by atoms with van der Waals surface area (Å²) in [6.07, 6.45) is 11.6. The first kappa shape index (κ1) is 32.8. The molecule has 0 atom stereocenters. The molecule has 0 bridgehead atoms. The lowest BCUT2D eigenvalue weighted by Crippen LogP contribution is -2.15. The van der Waals surface area contributed by atoms with Gasteiger partial charge in [0.2, 0.25) is 11.5 Å². The van der Waals surface area contributed by atoms with E-state index in [1.165, 1.54) is 0 Å². The Labute approximate surface area is 278 Å². The Kier molecular flexibility index (Phi) is 10.2. The molecule has 0 saturated heterocycles. The van der Waals surface area contributed by atoms with E-state index >= 15 is 0 Å². The minimum Gasteiger partial charge on any atom is -0.340 e. The van der Waals surface area contributed by atoms with Crippen molar-refractivity contribution in [3.8, 4) is 22.8 Å². The van der Waals surface area contributed by atoms with Crippen molar-refractivity contribution in [2.75, 3.05) is 23.9 Å². The summed E-state index contributed by atoms with van der Waals surface area (Å²) in [6.45, 7) is 14.4. The number of nitrogens with zero attached hydrogens (tertiary/aromatic N) is 4. The monoisotopic (exact) mass is 622 g/mol. The fraction of sp³-hybridized carbons (Fsp3) is 0.171. The van der Waals surface area contributed by atoms with E-state index in [9.17, 15) is 0 Å². The van der Waals surface area contributed by atoms with Crippen LogP contribution in [0.1, 0.15) is 34.9 Å². The summed E-state index contributed by atoms with van der Waals surface area (Å²) in [4.78, 5) is 25.9. The third kappa shape index (κ3) is 7.61. The Morgan fingerprint density at radius 2 is 1.19 bits per heavy atom. The van der Waals surface area contributed by atoms with Gasteiger partial charge in [-0.05, 0) is 111 Å². The minimum absolute atomic E-state index is 0.596. The van der Waals surface area contributed by atoms with Gasteiger partial charge in [0.25, 0.3) is 0 Å². The third-order valence-electron chi connectivity index (χ3n) is 8.36. The van der Waals surface area contributed by atoms with Crippen molar-refractivity contribution in [2.45, 2.75) is 34.6 Å². The SMILES string of the molecule is C=C(/C=C\C=C/C)c1ccc(N(C)c2cc(C)c(C)cc2OOc2cc(C)c(C)cc2N(C)c2ccc(-c3ccccc3)nc2)cn1. The Balaban J connectivity index is 1.41. The van der Waals surface area contributed by atoms with Gasteiger partial charge in [0.15, 0.2) is 0 Å². The van der Waals surface area contributed by atoms with Gasteiger partial charge in [-0.1, -0.05) is 61.2 Å². The summed E-state index contributed by atoms with van der Waals surface area (Å²) < 4.78 is 0. The van der Waals surface area contributed by atoms with Gasteiger partial charge in [0.1, 0.15) is 0 Å². The van der Waals surface area contributed by atoms with E-state index in [4.69, 9.17) is 14.8 Å². The number of hydrogen-bond acceptors (Lipinski definition) is 6. The molecule has 2 aromatic heterocycles. The van der Waals surface area contributed by atoms with Crippen LogP contribution in [0, 0.1) is 27.7 Å². The third-order valence-corrected chi connectivity index (χ3v) is 8.36. The van der Waals surface area contributed by atoms with Crippen LogP contribution in [0.25, 0.3) is 16.8 Å². The predicted molar refractivity (Wildman–Crippen MR) is 196 cm³/mol. The standard InChI is InChI=1S/C41H42N4O2/c1-9-10-12-15-28(2)36-20-18-34(26-42-36)44(7)38-22-29(3)31(5)24-40(38)46-47-41-25-32(6)30(4)23-39(41)45(8)35-19-21-37(43-27-35)33-16-13-11-14-17-33/h9-27H,2H2,1,3-8H3/b10-9-,15-12-. The molecule has 6 nitrogen and oxygen atoms in total. The van der Waals surface area contributed by atoms with Gasteiger partial charge in [-0.2, -0.15) is 0 Å². The molecule has 0 unspecified atom stereocenters. The fourth-order valence-electron chi connectivity index (χ4n) is 5.08. The highest BCUT2D eigenvalue weighted by Crippen LogP contribution is 2.39. The summed E-state index contributed by atoms with van der Waals surface area (Å²) in [5.74, 6) is 1.20. The summed E-state index contributed by atoms with van der Waals surface area (Å²) in [5.41, 5.74) is 11.7. The van der Waals surface area contributed by atoms with Gasteiger partial charge in [0.05, 0.1) is 46.5 Å². The van der Waals surface area contributed by atoms with E-state index in [1.807, 2.05) is 111 Å². The highest BCUT2D eigenvalue weighted by atomic mass is 17.2. The molecule has 0 aliphatic heterocycles. The van der Waals surface area contributed by atoms with E-state index in [-0.39, 0.29) is 0 Å². The number of aromatic nitrogens is 2. The molecule has 47 heavy (non-hydrogen) atoms. The number of allylic oxidation sites excluding steroid dienone is 5. The normalized spacial score (nSPS) is 11.2. The lowest BCUT2D eigenvalue weighted by Gasteiger charge is -2.25. The Morgan fingerprint density at radius 3 is 1.68 bits per heavy atom. The first-order valence-electron chi connectivity index (χ1n) is 15.7. The maximum absolute atomic E-state index is 6.18. The zero-order valence-corrected chi connectivity index (χ0v) is 28.3. The van der Waals surface area contributed by atoms with E-state index in [0.29, 0.717) is 11.5 Å². The largest absolute Gasteiger partial charge is 0.340 e. The average Bonchev–Trinajstić information content (AvgIpc) is 3.09. The van der Waals surface area contributed by atoms with Gasteiger partial charge in [-0.15, -0.1) is 0 Å². The molecule has 5 aromatic rings. The molecule has 2 heterocycles. The number of hydrogen-bond donors (Lipinski definition) is 0. The van der Waals surface area contributed by atoms with Crippen LogP contribution >= 0.6 is 0 Å².